The van der Waals surface area contributed by atoms with Crippen LogP contribution >= 0.6 is 0 Å². The van der Waals surface area contributed by atoms with Gasteiger partial charge in [-0.1, -0.05) is 36.4 Å². The summed E-state index contributed by atoms with van der Waals surface area (Å²) in [6.07, 6.45) is 3.40. The molecule has 3 aromatic rings. The van der Waals surface area contributed by atoms with E-state index in [0.717, 1.165) is 28.9 Å². The van der Waals surface area contributed by atoms with E-state index in [2.05, 4.69) is 27.4 Å². The molecule has 4 rings (SSSR count). The highest BCUT2D eigenvalue weighted by atomic mass is 19.1. The van der Waals surface area contributed by atoms with Crippen molar-refractivity contribution in [2.45, 2.75) is 38.1 Å². The van der Waals surface area contributed by atoms with E-state index in [1.165, 1.54) is 17.2 Å². The molecule has 1 fully saturated rings. The van der Waals surface area contributed by atoms with Crippen molar-refractivity contribution in [3.8, 4) is 5.75 Å². The summed E-state index contributed by atoms with van der Waals surface area (Å²) in [5.74, 6) is 0.258. The maximum absolute atomic E-state index is 14.4. The van der Waals surface area contributed by atoms with Crippen LogP contribution in [-0.4, -0.2) is 40.3 Å². The molecule has 1 aliphatic heterocycles. The number of amides is 1. The normalized spacial score (nSPS) is 18.9. The number of benzene rings is 2. The van der Waals surface area contributed by atoms with Crippen LogP contribution in [0.1, 0.15) is 46.1 Å². The Bertz CT molecular complexity index is 1050. The second-order valence-corrected chi connectivity index (χ2v) is 8.01. The van der Waals surface area contributed by atoms with Gasteiger partial charge in [-0.2, -0.15) is 0 Å². The number of alkyl halides is 1. The Labute approximate surface area is 187 Å². The molecule has 0 radical (unpaired) electrons. The topological polar surface area (TPSA) is 85.4 Å². The van der Waals surface area contributed by atoms with Crippen LogP contribution in [0.5, 0.6) is 5.75 Å². The molecule has 1 amide bonds. The lowest BCUT2D eigenvalue weighted by Gasteiger charge is -2.38. The van der Waals surface area contributed by atoms with Gasteiger partial charge in [0, 0.05) is 19.1 Å². The first-order valence-electron chi connectivity index (χ1n) is 10.7. The minimum absolute atomic E-state index is 0.0977. The number of carbonyl (C=O) groups is 1. The lowest BCUT2D eigenvalue weighted by atomic mass is 9.90. The summed E-state index contributed by atoms with van der Waals surface area (Å²) >= 11 is 0. The van der Waals surface area contributed by atoms with Crippen molar-refractivity contribution in [2.24, 2.45) is 5.73 Å². The Morgan fingerprint density at radius 2 is 2.00 bits per heavy atom. The fourth-order valence-corrected chi connectivity index (χ4v) is 4.28. The summed E-state index contributed by atoms with van der Waals surface area (Å²) in [4.78, 5) is 17.8. The smallest absolute Gasteiger partial charge is 0.268 e. The molecule has 0 aliphatic carbocycles. The lowest BCUT2D eigenvalue weighted by molar-refractivity contribution is 0.0771. The summed E-state index contributed by atoms with van der Waals surface area (Å²) in [5, 5.41) is 0. The van der Waals surface area contributed by atoms with Gasteiger partial charge in [-0.25, -0.2) is 14.1 Å². The van der Waals surface area contributed by atoms with Crippen molar-refractivity contribution in [2.75, 3.05) is 19.1 Å². The maximum atomic E-state index is 14.4. The van der Waals surface area contributed by atoms with Crippen molar-refractivity contribution in [3.05, 3.63) is 83.4 Å². The molecule has 7 nitrogen and oxygen atoms in total. The molecule has 0 spiro atoms. The molecule has 2 aromatic carbocycles. The van der Waals surface area contributed by atoms with Gasteiger partial charge in [-0.05, 0) is 41.7 Å². The van der Waals surface area contributed by atoms with Gasteiger partial charge in [0.2, 0.25) is 0 Å². The van der Waals surface area contributed by atoms with Gasteiger partial charge in [-0.3, -0.25) is 9.69 Å². The van der Waals surface area contributed by atoms with E-state index in [0.29, 0.717) is 31.7 Å². The number of likely N-dealkylation sites (tertiary alicyclic amines) is 1. The quantitative estimate of drug-likeness (QED) is 0.564. The van der Waals surface area contributed by atoms with Crippen molar-refractivity contribution < 1.29 is 13.9 Å². The predicted molar refractivity (Wildman–Crippen MR) is 121 cm³/mol. The average Bonchev–Trinajstić information content (AvgIpc) is 3.28. The number of methoxy groups -OCH3 is 1. The number of aromatic nitrogens is 2. The number of carbonyl (C=O) groups excluding carboxylic acids is 1. The second kappa shape index (κ2) is 9.82. The number of rotatable bonds is 8. The Morgan fingerprint density at radius 3 is 2.75 bits per heavy atom. The number of imidazole rings is 1. The summed E-state index contributed by atoms with van der Waals surface area (Å²) in [6.45, 7) is 1.54. The highest BCUT2D eigenvalue weighted by molar-refractivity contribution is 5.90. The van der Waals surface area contributed by atoms with Gasteiger partial charge in [0.25, 0.3) is 5.91 Å². The van der Waals surface area contributed by atoms with Gasteiger partial charge in [0.1, 0.15) is 23.9 Å². The largest absolute Gasteiger partial charge is 0.497 e. The van der Waals surface area contributed by atoms with Crippen molar-refractivity contribution >= 4 is 5.91 Å². The molecule has 168 valence electrons. The number of hydrogen-bond acceptors (Lipinski definition) is 5. The van der Waals surface area contributed by atoms with Gasteiger partial charge in [0.05, 0.1) is 19.9 Å². The molecule has 2 atom stereocenters. The van der Waals surface area contributed by atoms with Gasteiger partial charge in [-0.15, -0.1) is 0 Å². The first-order chi connectivity index (χ1) is 15.5. The number of hydrogen-bond donors (Lipinski definition) is 2. The third kappa shape index (κ3) is 4.91. The second-order valence-electron chi connectivity index (χ2n) is 8.01. The summed E-state index contributed by atoms with van der Waals surface area (Å²) in [6, 6.07) is 16.2. The number of nitrogens with two attached hydrogens (primary N) is 1. The van der Waals surface area contributed by atoms with Crippen molar-refractivity contribution in [1.82, 2.24) is 14.6 Å². The predicted octanol–water partition coefficient (Wildman–Crippen LogP) is 3.41. The minimum Gasteiger partial charge on any atom is -0.497 e. The Balaban J connectivity index is 1.54. The lowest BCUT2D eigenvalue weighted by Crippen LogP contribution is -2.39. The first kappa shape index (κ1) is 21.8. The molecule has 3 N–H and O–H groups in total. The summed E-state index contributed by atoms with van der Waals surface area (Å²) in [7, 11) is 1.64. The molecule has 1 aromatic heterocycles. The zero-order valence-corrected chi connectivity index (χ0v) is 18.1. The molecule has 32 heavy (non-hydrogen) atoms. The minimum atomic E-state index is -0.834. The Morgan fingerprint density at radius 1 is 1.22 bits per heavy atom. The van der Waals surface area contributed by atoms with E-state index in [9.17, 15) is 9.18 Å². The molecule has 1 saturated heterocycles. The van der Waals surface area contributed by atoms with E-state index in [1.807, 2.05) is 36.4 Å². The highest BCUT2D eigenvalue weighted by Crippen LogP contribution is 2.35. The standard InChI is InChI=1S/C24H28FN5O2/c1-32-20-9-6-17(7-10-20)14-29-15-19(25)8-11-22(29)21-5-3-2-4-18(21)12-28-30-16-27-13-23(30)24(26)31/h2-7,9-10,13,16,19,22,28H,8,11-12,14-15H2,1H3,(H2,26,31). The first-order valence-corrected chi connectivity index (χ1v) is 10.7. The SMILES string of the molecule is COc1ccc(CN2CC(F)CCC2c2ccccc2CNn2cncc2C(N)=O)cc1. The third-order valence-electron chi connectivity index (χ3n) is 5.92. The molecule has 2 unspecified atom stereocenters. The van der Waals surface area contributed by atoms with Crippen LogP contribution in [0.15, 0.2) is 61.1 Å². The highest BCUT2D eigenvalue weighted by Gasteiger charge is 2.30. The average molecular weight is 438 g/mol. The molecule has 1 aliphatic rings. The molecular weight excluding hydrogens is 409 g/mol. The summed E-state index contributed by atoms with van der Waals surface area (Å²) < 4.78 is 21.2. The molecular formula is C24H28FN5O2. The number of nitrogens with one attached hydrogen (secondary N) is 1. The van der Waals surface area contributed by atoms with Crippen LogP contribution in [0, 0.1) is 0 Å². The summed E-state index contributed by atoms with van der Waals surface area (Å²) in [5.41, 5.74) is 12.3. The number of halogens is 1. The van der Waals surface area contributed by atoms with Gasteiger partial charge in [0.15, 0.2) is 0 Å². The van der Waals surface area contributed by atoms with E-state index in [1.54, 1.807) is 7.11 Å². The van der Waals surface area contributed by atoms with E-state index < -0.39 is 12.1 Å². The van der Waals surface area contributed by atoms with Crippen LogP contribution in [0.25, 0.3) is 0 Å². The Kier molecular flexibility index (Phi) is 6.70. The zero-order chi connectivity index (χ0) is 22.5. The van der Waals surface area contributed by atoms with Crippen LogP contribution < -0.4 is 15.9 Å². The number of primary amides is 1. The van der Waals surface area contributed by atoms with Crippen molar-refractivity contribution in [1.29, 1.82) is 0 Å². The Hall–Kier alpha value is -3.39. The number of nitrogens with zero attached hydrogens (tertiary/aromatic N) is 3. The fraction of sp³-hybridized carbons (Fsp3) is 0.333. The number of ether oxygens (including phenoxy) is 1. The molecule has 2 heterocycles. The van der Waals surface area contributed by atoms with E-state index >= 15 is 0 Å². The van der Waals surface area contributed by atoms with Crippen molar-refractivity contribution in [3.63, 3.8) is 0 Å². The van der Waals surface area contributed by atoms with Crippen LogP contribution in [-0.2, 0) is 13.1 Å². The fourth-order valence-electron chi connectivity index (χ4n) is 4.28. The van der Waals surface area contributed by atoms with E-state index in [4.69, 9.17) is 10.5 Å². The van der Waals surface area contributed by atoms with Crippen LogP contribution in [0.3, 0.4) is 0 Å². The van der Waals surface area contributed by atoms with Crippen LogP contribution in [0.2, 0.25) is 0 Å². The molecule has 0 bridgehead atoms. The third-order valence-corrected chi connectivity index (χ3v) is 5.92. The van der Waals surface area contributed by atoms with Crippen LogP contribution in [0.4, 0.5) is 4.39 Å². The van der Waals surface area contributed by atoms with Gasteiger partial charge >= 0.3 is 0 Å². The molecule has 0 saturated carbocycles. The maximum Gasteiger partial charge on any atom is 0.268 e. The monoisotopic (exact) mass is 437 g/mol. The zero-order valence-electron chi connectivity index (χ0n) is 18.1. The number of piperidine rings is 1. The van der Waals surface area contributed by atoms with Gasteiger partial charge < -0.3 is 15.9 Å². The molecule has 8 heteroatoms. The van der Waals surface area contributed by atoms with E-state index in [-0.39, 0.29) is 6.04 Å².